The molecule has 0 saturated heterocycles. The fraction of sp³-hybridized carbons (Fsp3) is 0.273. The van der Waals surface area contributed by atoms with E-state index in [1.54, 1.807) is 0 Å². The molecule has 3 aromatic rings. The van der Waals surface area contributed by atoms with Crippen LogP contribution in [0, 0.1) is 0 Å². The molecule has 1 aromatic heterocycles. The first kappa shape index (κ1) is 19.3. The van der Waals surface area contributed by atoms with E-state index in [1.165, 1.54) is 22.5 Å². The molecule has 3 rings (SSSR count). The molecular weight excluding hydrogens is 354 g/mol. The minimum absolute atomic E-state index is 0.123. The SMILES string of the molecule is CCN(C)Cc1cccc(CNC(=O)c2csc(Cc3ccccc3)n2)c1. The summed E-state index contributed by atoms with van der Waals surface area (Å²) in [6, 6.07) is 18.5. The Morgan fingerprint density at radius 3 is 2.59 bits per heavy atom. The van der Waals surface area contributed by atoms with E-state index in [0.717, 1.165) is 30.1 Å². The molecule has 0 aliphatic carbocycles. The summed E-state index contributed by atoms with van der Waals surface area (Å²) in [7, 11) is 2.10. The molecule has 0 spiro atoms. The molecule has 0 atom stereocenters. The van der Waals surface area contributed by atoms with Gasteiger partial charge < -0.3 is 10.2 Å². The normalized spacial score (nSPS) is 10.9. The average molecular weight is 380 g/mol. The van der Waals surface area contributed by atoms with E-state index in [0.29, 0.717) is 12.2 Å². The fourth-order valence-electron chi connectivity index (χ4n) is 2.80. The Morgan fingerprint density at radius 2 is 1.81 bits per heavy atom. The lowest BCUT2D eigenvalue weighted by Gasteiger charge is -2.14. The number of hydrogen-bond donors (Lipinski definition) is 1. The van der Waals surface area contributed by atoms with E-state index in [4.69, 9.17) is 0 Å². The van der Waals surface area contributed by atoms with Gasteiger partial charge in [0, 0.05) is 24.9 Å². The van der Waals surface area contributed by atoms with Gasteiger partial charge in [-0.2, -0.15) is 0 Å². The Labute approximate surface area is 164 Å². The quantitative estimate of drug-likeness (QED) is 0.640. The molecule has 140 valence electrons. The molecule has 0 aliphatic heterocycles. The summed E-state index contributed by atoms with van der Waals surface area (Å²) in [5.74, 6) is -0.123. The Kier molecular flexibility index (Phi) is 6.74. The number of nitrogens with zero attached hydrogens (tertiary/aromatic N) is 2. The number of thiazole rings is 1. The molecule has 2 aromatic carbocycles. The van der Waals surface area contributed by atoms with Crippen LogP contribution in [0.25, 0.3) is 0 Å². The second-order valence-corrected chi connectivity index (χ2v) is 7.56. The number of carbonyl (C=O) groups excluding carboxylic acids is 1. The van der Waals surface area contributed by atoms with Crippen LogP contribution in [0.4, 0.5) is 0 Å². The third-order valence-corrected chi connectivity index (χ3v) is 5.27. The van der Waals surface area contributed by atoms with Crippen LogP contribution in [0.2, 0.25) is 0 Å². The van der Waals surface area contributed by atoms with Crippen LogP contribution in [0.1, 0.15) is 39.1 Å². The predicted molar refractivity (Wildman–Crippen MR) is 111 cm³/mol. The maximum atomic E-state index is 12.4. The van der Waals surface area contributed by atoms with Crippen molar-refractivity contribution < 1.29 is 4.79 Å². The topological polar surface area (TPSA) is 45.2 Å². The highest BCUT2D eigenvalue weighted by Gasteiger charge is 2.11. The van der Waals surface area contributed by atoms with Crippen molar-refractivity contribution in [1.29, 1.82) is 0 Å². The van der Waals surface area contributed by atoms with E-state index in [1.807, 2.05) is 35.7 Å². The summed E-state index contributed by atoms with van der Waals surface area (Å²) in [6.45, 7) is 4.57. The van der Waals surface area contributed by atoms with E-state index in [9.17, 15) is 4.79 Å². The molecule has 5 heteroatoms. The third kappa shape index (κ3) is 5.74. The van der Waals surface area contributed by atoms with Crippen LogP contribution < -0.4 is 5.32 Å². The van der Waals surface area contributed by atoms with Crippen molar-refractivity contribution in [2.24, 2.45) is 0 Å². The van der Waals surface area contributed by atoms with E-state index >= 15 is 0 Å². The number of aromatic nitrogens is 1. The number of rotatable bonds is 8. The van der Waals surface area contributed by atoms with Crippen molar-refractivity contribution >= 4 is 17.2 Å². The number of carbonyl (C=O) groups is 1. The summed E-state index contributed by atoms with van der Waals surface area (Å²) >= 11 is 1.53. The molecule has 0 bridgehead atoms. The van der Waals surface area contributed by atoms with Crippen LogP contribution in [-0.4, -0.2) is 29.4 Å². The lowest BCUT2D eigenvalue weighted by Crippen LogP contribution is -2.23. The van der Waals surface area contributed by atoms with Crippen molar-refractivity contribution in [3.63, 3.8) is 0 Å². The van der Waals surface area contributed by atoms with Crippen LogP contribution in [-0.2, 0) is 19.5 Å². The van der Waals surface area contributed by atoms with E-state index in [-0.39, 0.29) is 5.91 Å². The van der Waals surface area contributed by atoms with Gasteiger partial charge in [-0.25, -0.2) is 4.98 Å². The summed E-state index contributed by atoms with van der Waals surface area (Å²) in [6.07, 6.45) is 0.756. The first-order valence-electron chi connectivity index (χ1n) is 9.17. The minimum Gasteiger partial charge on any atom is -0.347 e. The average Bonchev–Trinajstić information content (AvgIpc) is 3.15. The van der Waals surface area contributed by atoms with Gasteiger partial charge in [0.1, 0.15) is 5.69 Å². The molecule has 0 saturated carbocycles. The highest BCUT2D eigenvalue weighted by atomic mass is 32.1. The number of amides is 1. The van der Waals surface area contributed by atoms with E-state index in [2.05, 4.69) is 53.4 Å². The smallest absolute Gasteiger partial charge is 0.271 e. The molecule has 0 aliphatic rings. The zero-order valence-electron chi connectivity index (χ0n) is 15.8. The largest absolute Gasteiger partial charge is 0.347 e. The summed E-state index contributed by atoms with van der Waals surface area (Å²) in [5, 5.41) is 5.77. The maximum Gasteiger partial charge on any atom is 0.271 e. The summed E-state index contributed by atoms with van der Waals surface area (Å²) < 4.78 is 0. The first-order valence-corrected chi connectivity index (χ1v) is 10.0. The minimum atomic E-state index is -0.123. The summed E-state index contributed by atoms with van der Waals surface area (Å²) in [5.41, 5.74) is 4.05. The number of benzene rings is 2. The van der Waals surface area contributed by atoms with Crippen molar-refractivity contribution in [1.82, 2.24) is 15.2 Å². The number of hydrogen-bond acceptors (Lipinski definition) is 4. The Bertz CT molecular complexity index is 876. The number of nitrogens with one attached hydrogen (secondary N) is 1. The predicted octanol–water partition coefficient (Wildman–Crippen LogP) is 4.12. The van der Waals surface area contributed by atoms with Gasteiger partial charge >= 0.3 is 0 Å². The highest BCUT2D eigenvalue weighted by molar-refractivity contribution is 7.09. The molecule has 1 heterocycles. The van der Waals surface area contributed by atoms with Gasteiger partial charge in [-0.05, 0) is 30.3 Å². The fourth-order valence-corrected chi connectivity index (χ4v) is 3.61. The maximum absolute atomic E-state index is 12.4. The van der Waals surface area contributed by atoms with Crippen LogP contribution in [0.15, 0.2) is 60.0 Å². The van der Waals surface area contributed by atoms with Crippen LogP contribution in [0.5, 0.6) is 0 Å². The Morgan fingerprint density at radius 1 is 1.07 bits per heavy atom. The van der Waals surface area contributed by atoms with Gasteiger partial charge in [-0.3, -0.25) is 4.79 Å². The third-order valence-electron chi connectivity index (χ3n) is 4.42. The zero-order valence-corrected chi connectivity index (χ0v) is 16.6. The van der Waals surface area contributed by atoms with Gasteiger partial charge in [-0.1, -0.05) is 61.5 Å². The van der Waals surface area contributed by atoms with Gasteiger partial charge in [0.25, 0.3) is 5.91 Å². The molecular formula is C22H25N3OS. The van der Waals surface area contributed by atoms with Crippen molar-refractivity contribution in [3.05, 3.63) is 87.4 Å². The van der Waals surface area contributed by atoms with E-state index < -0.39 is 0 Å². The standard InChI is InChI=1S/C22H25N3OS/c1-3-25(2)15-19-11-7-10-18(12-19)14-23-22(26)20-16-27-21(24-20)13-17-8-5-4-6-9-17/h4-12,16H,3,13-15H2,1-2H3,(H,23,26). The Balaban J connectivity index is 1.56. The lowest BCUT2D eigenvalue weighted by molar-refractivity contribution is 0.0946. The van der Waals surface area contributed by atoms with Crippen LogP contribution in [0.3, 0.4) is 0 Å². The van der Waals surface area contributed by atoms with Crippen LogP contribution >= 0.6 is 11.3 Å². The molecule has 27 heavy (non-hydrogen) atoms. The Hall–Kier alpha value is -2.50. The molecule has 1 N–H and O–H groups in total. The first-order chi connectivity index (χ1) is 13.1. The molecule has 0 fully saturated rings. The molecule has 4 nitrogen and oxygen atoms in total. The van der Waals surface area contributed by atoms with Crippen molar-refractivity contribution in [2.45, 2.75) is 26.4 Å². The molecule has 1 amide bonds. The van der Waals surface area contributed by atoms with Gasteiger partial charge in [0.05, 0.1) is 5.01 Å². The summed E-state index contributed by atoms with van der Waals surface area (Å²) in [4.78, 5) is 19.2. The van der Waals surface area contributed by atoms with Crippen molar-refractivity contribution in [3.8, 4) is 0 Å². The lowest BCUT2D eigenvalue weighted by atomic mass is 10.1. The van der Waals surface area contributed by atoms with Crippen molar-refractivity contribution in [2.75, 3.05) is 13.6 Å². The van der Waals surface area contributed by atoms with Gasteiger partial charge in [0.2, 0.25) is 0 Å². The second kappa shape index (κ2) is 9.44. The van der Waals surface area contributed by atoms with Gasteiger partial charge in [-0.15, -0.1) is 11.3 Å². The van der Waals surface area contributed by atoms with Gasteiger partial charge in [0.15, 0.2) is 0 Å². The molecule has 0 unspecified atom stereocenters. The monoisotopic (exact) mass is 379 g/mol. The zero-order chi connectivity index (χ0) is 19.1. The highest BCUT2D eigenvalue weighted by Crippen LogP contribution is 2.15. The molecule has 0 radical (unpaired) electrons. The second-order valence-electron chi connectivity index (χ2n) is 6.62.